The Bertz CT molecular complexity index is 858. The summed E-state index contributed by atoms with van der Waals surface area (Å²) in [6.07, 6.45) is 1.58. The monoisotopic (exact) mass is 290 g/mol. The fourth-order valence-corrected chi connectivity index (χ4v) is 2.24. The van der Waals surface area contributed by atoms with Crippen molar-refractivity contribution < 1.29 is 4.79 Å². The lowest BCUT2D eigenvalue weighted by molar-refractivity contribution is 0.0945. The molecule has 2 N–H and O–H groups in total. The van der Waals surface area contributed by atoms with E-state index < -0.39 is 6.04 Å². The van der Waals surface area contributed by atoms with Crippen LogP contribution in [-0.4, -0.2) is 15.9 Å². The Balaban J connectivity index is 1.82. The Morgan fingerprint density at radius 3 is 2.77 bits per heavy atom. The summed E-state index contributed by atoms with van der Waals surface area (Å²) in [7, 11) is 0. The van der Waals surface area contributed by atoms with Crippen LogP contribution in [0.3, 0.4) is 0 Å². The van der Waals surface area contributed by atoms with Gasteiger partial charge < -0.3 is 10.3 Å². The number of nitrogens with one attached hydrogen (secondary N) is 2. The van der Waals surface area contributed by atoms with E-state index in [1.54, 1.807) is 24.5 Å². The van der Waals surface area contributed by atoms with Crippen molar-refractivity contribution in [3.8, 4) is 6.07 Å². The SMILES string of the molecule is Cc1ccc(C(C#N)NC(=O)c2ccc3nc[nH]c3c2)cc1. The number of carbonyl (C=O) groups excluding carboxylic acids is 1. The number of imidazole rings is 1. The number of rotatable bonds is 3. The molecule has 0 fully saturated rings. The van der Waals surface area contributed by atoms with Crippen molar-refractivity contribution in [3.63, 3.8) is 0 Å². The Morgan fingerprint density at radius 1 is 1.27 bits per heavy atom. The number of hydrogen-bond acceptors (Lipinski definition) is 3. The number of nitriles is 1. The molecule has 0 aliphatic carbocycles. The van der Waals surface area contributed by atoms with Gasteiger partial charge in [0.25, 0.3) is 5.91 Å². The summed E-state index contributed by atoms with van der Waals surface area (Å²) in [5.74, 6) is -0.288. The van der Waals surface area contributed by atoms with Gasteiger partial charge in [0, 0.05) is 5.56 Å². The molecule has 1 atom stereocenters. The van der Waals surface area contributed by atoms with Gasteiger partial charge in [-0.3, -0.25) is 4.79 Å². The first-order valence-electron chi connectivity index (χ1n) is 6.87. The quantitative estimate of drug-likeness (QED) is 0.778. The molecule has 0 aliphatic heterocycles. The van der Waals surface area contributed by atoms with E-state index in [2.05, 4.69) is 21.4 Å². The summed E-state index contributed by atoms with van der Waals surface area (Å²) in [4.78, 5) is 19.4. The van der Waals surface area contributed by atoms with Crippen molar-refractivity contribution in [3.05, 3.63) is 65.5 Å². The first-order valence-corrected chi connectivity index (χ1v) is 6.87. The lowest BCUT2D eigenvalue weighted by atomic mass is 10.1. The summed E-state index contributed by atoms with van der Waals surface area (Å²) in [5.41, 5.74) is 3.95. The Kier molecular flexibility index (Phi) is 3.58. The van der Waals surface area contributed by atoms with E-state index in [0.29, 0.717) is 5.56 Å². The molecule has 0 bridgehead atoms. The average Bonchev–Trinajstić information content (AvgIpc) is 3.01. The number of carbonyl (C=O) groups is 1. The molecule has 3 aromatic rings. The lowest BCUT2D eigenvalue weighted by Crippen LogP contribution is -2.27. The maximum absolute atomic E-state index is 12.3. The average molecular weight is 290 g/mol. The second-order valence-corrected chi connectivity index (χ2v) is 5.08. The van der Waals surface area contributed by atoms with Gasteiger partial charge in [-0.2, -0.15) is 5.26 Å². The minimum absolute atomic E-state index is 0.288. The van der Waals surface area contributed by atoms with E-state index in [9.17, 15) is 10.1 Å². The maximum atomic E-state index is 12.3. The minimum Gasteiger partial charge on any atom is -0.345 e. The van der Waals surface area contributed by atoms with Gasteiger partial charge in [0.15, 0.2) is 0 Å². The molecule has 1 unspecified atom stereocenters. The number of H-pyrrole nitrogens is 1. The Morgan fingerprint density at radius 2 is 2.05 bits per heavy atom. The highest BCUT2D eigenvalue weighted by atomic mass is 16.1. The lowest BCUT2D eigenvalue weighted by Gasteiger charge is -2.12. The molecule has 0 saturated carbocycles. The van der Waals surface area contributed by atoms with Crippen molar-refractivity contribution in [2.75, 3.05) is 0 Å². The molecule has 0 spiro atoms. The fourth-order valence-electron chi connectivity index (χ4n) is 2.24. The number of amides is 1. The van der Waals surface area contributed by atoms with Gasteiger partial charge in [0.05, 0.1) is 23.4 Å². The van der Waals surface area contributed by atoms with Crippen LogP contribution in [0.4, 0.5) is 0 Å². The van der Waals surface area contributed by atoms with Crippen LogP contribution >= 0.6 is 0 Å². The maximum Gasteiger partial charge on any atom is 0.252 e. The third-order valence-electron chi connectivity index (χ3n) is 3.50. The van der Waals surface area contributed by atoms with Crippen molar-refractivity contribution >= 4 is 16.9 Å². The molecule has 1 amide bonds. The van der Waals surface area contributed by atoms with Crippen molar-refractivity contribution in [2.24, 2.45) is 0 Å². The second-order valence-electron chi connectivity index (χ2n) is 5.08. The molecule has 5 heteroatoms. The predicted molar refractivity (Wildman–Crippen MR) is 83.1 cm³/mol. The first-order chi connectivity index (χ1) is 10.7. The van der Waals surface area contributed by atoms with E-state index in [0.717, 1.165) is 22.2 Å². The number of fused-ring (bicyclic) bond motifs is 1. The van der Waals surface area contributed by atoms with Gasteiger partial charge in [-0.15, -0.1) is 0 Å². The Labute approximate surface area is 127 Å². The highest BCUT2D eigenvalue weighted by molar-refractivity contribution is 5.97. The fraction of sp³-hybridized carbons (Fsp3) is 0.118. The molecule has 108 valence electrons. The summed E-state index contributed by atoms with van der Waals surface area (Å²) < 4.78 is 0. The standard InChI is InChI=1S/C17H14N4O/c1-11-2-4-12(5-3-11)16(9-18)21-17(22)13-6-7-14-15(8-13)20-10-19-14/h2-8,10,16H,1H3,(H,19,20)(H,21,22). The molecule has 22 heavy (non-hydrogen) atoms. The molecular formula is C17H14N4O. The summed E-state index contributed by atoms with van der Waals surface area (Å²) in [6, 6.07) is 14.2. The molecule has 5 nitrogen and oxygen atoms in total. The van der Waals surface area contributed by atoms with E-state index in [1.165, 1.54) is 0 Å². The number of nitrogens with zero attached hydrogens (tertiary/aromatic N) is 2. The summed E-state index contributed by atoms with van der Waals surface area (Å²) in [5, 5.41) is 12.0. The van der Waals surface area contributed by atoms with E-state index >= 15 is 0 Å². The molecule has 0 radical (unpaired) electrons. The van der Waals surface area contributed by atoms with Crippen LogP contribution in [0.5, 0.6) is 0 Å². The summed E-state index contributed by atoms with van der Waals surface area (Å²) in [6.45, 7) is 1.98. The number of aryl methyl sites for hydroxylation is 1. The molecule has 2 aromatic carbocycles. The van der Waals surface area contributed by atoms with Crippen LogP contribution < -0.4 is 5.32 Å². The van der Waals surface area contributed by atoms with Crippen molar-refractivity contribution in [1.29, 1.82) is 5.26 Å². The zero-order valence-corrected chi connectivity index (χ0v) is 12.0. The molecule has 0 aliphatic rings. The Hall–Kier alpha value is -3.13. The number of aromatic nitrogens is 2. The van der Waals surface area contributed by atoms with Gasteiger partial charge in [-0.05, 0) is 30.7 Å². The van der Waals surface area contributed by atoms with Gasteiger partial charge in [0.1, 0.15) is 6.04 Å². The van der Waals surface area contributed by atoms with Gasteiger partial charge in [-0.1, -0.05) is 29.8 Å². The van der Waals surface area contributed by atoms with Crippen LogP contribution in [0.15, 0.2) is 48.8 Å². The van der Waals surface area contributed by atoms with Crippen LogP contribution in [0.25, 0.3) is 11.0 Å². The zero-order chi connectivity index (χ0) is 15.5. The van der Waals surface area contributed by atoms with Crippen molar-refractivity contribution in [2.45, 2.75) is 13.0 Å². The third kappa shape index (κ3) is 2.67. The molecule has 1 heterocycles. The van der Waals surface area contributed by atoms with Gasteiger partial charge in [-0.25, -0.2) is 4.98 Å². The van der Waals surface area contributed by atoms with Gasteiger partial charge >= 0.3 is 0 Å². The van der Waals surface area contributed by atoms with Crippen LogP contribution in [0.2, 0.25) is 0 Å². The molecular weight excluding hydrogens is 276 g/mol. The van der Waals surface area contributed by atoms with Crippen LogP contribution in [-0.2, 0) is 0 Å². The van der Waals surface area contributed by atoms with Crippen molar-refractivity contribution in [1.82, 2.24) is 15.3 Å². The largest absolute Gasteiger partial charge is 0.345 e. The third-order valence-corrected chi connectivity index (χ3v) is 3.50. The molecule has 3 rings (SSSR count). The molecule has 0 saturated heterocycles. The summed E-state index contributed by atoms with van der Waals surface area (Å²) >= 11 is 0. The number of aromatic amines is 1. The van der Waals surface area contributed by atoms with Crippen LogP contribution in [0.1, 0.15) is 27.5 Å². The van der Waals surface area contributed by atoms with E-state index in [1.807, 2.05) is 31.2 Å². The minimum atomic E-state index is -0.675. The number of benzene rings is 2. The molecule has 1 aromatic heterocycles. The van der Waals surface area contributed by atoms with Crippen LogP contribution in [0, 0.1) is 18.3 Å². The second kappa shape index (κ2) is 5.70. The zero-order valence-electron chi connectivity index (χ0n) is 12.0. The number of hydrogen-bond donors (Lipinski definition) is 2. The van der Waals surface area contributed by atoms with E-state index in [-0.39, 0.29) is 5.91 Å². The topological polar surface area (TPSA) is 81.6 Å². The highest BCUT2D eigenvalue weighted by Gasteiger charge is 2.15. The predicted octanol–water partition coefficient (Wildman–Crippen LogP) is 2.87. The van der Waals surface area contributed by atoms with Gasteiger partial charge in [0.2, 0.25) is 0 Å². The first kappa shape index (κ1) is 13.8. The smallest absolute Gasteiger partial charge is 0.252 e. The van der Waals surface area contributed by atoms with E-state index in [4.69, 9.17) is 0 Å². The normalized spacial score (nSPS) is 11.8. The highest BCUT2D eigenvalue weighted by Crippen LogP contribution is 2.16.